The van der Waals surface area contributed by atoms with Crippen LogP contribution in [0.3, 0.4) is 0 Å². The third-order valence-corrected chi connectivity index (χ3v) is 4.47. The molecule has 0 bridgehead atoms. The van der Waals surface area contributed by atoms with Crippen LogP contribution in [0.4, 0.5) is 0 Å². The fraction of sp³-hybridized carbons (Fsp3) is 0.200. The van der Waals surface area contributed by atoms with Gasteiger partial charge in [0.15, 0.2) is 0 Å². The summed E-state index contributed by atoms with van der Waals surface area (Å²) >= 11 is 0. The number of ether oxygens (including phenoxy) is 1. The molecule has 0 saturated heterocycles. The van der Waals surface area contributed by atoms with Gasteiger partial charge >= 0.3 is 0 Å². The van der Waals surface area contributed by atoms with Crippen LogP contribution in [-0.4, -0.2) is 24.0 Å². The van der Waals surface area contributed by atoms with Gasteiger partial charge in [0.05, 0.1) is 7.11 Å². The quantitative estimate of drug-likeness (QED) is 0.670. The molecule has 1 aromatic heterocycles. The smallest absolute Gasteiger partial charge is 0.217 e. The zero-order valence-corrected chi connectivity index (χ0v) is 16.9. The molecule has 0 aliphatic carbocycles. The van der Waals surface area contributed by atoms with Gasteiger partial charge in [0.2, 0.25) is 5.91 Å². The molecule has 1 atom stereocenters. The largest absolute Gasteiger partial charge is 0.497 e. The maximum Gasteiger partial charge on any atom is 0.217 e. The van der Waals surface area contributed by atoms with E-state index >= 15 is 0 Å². The summed E-state index contributed by atoms with van der Waals surface area (Å²) < 4.78 is 5.19. The summed E-state index contributed by atoms with van der Waals surface area (Å²) in [5, 5.41) is 2.89. The molecule has 4 heteroatoms. The molecule has 1 amide bonds. The average molecular weight is 384 g/mol. The van der Waals surface area contributed by atoms with Crippen molar-refractivity contribution < 1.29 is 9.53 Å². The molecule has 0 spiro atoms. The monoisotopic (exact) mass is 384 g/mol. The van der Waals surface area contributed by atoms with E-state index in [0.717, 1.165) is 34.6 Å². The third-order valence-electron chi connectivity index (χ3n) is 4.47. The summed E-state index contributed by atoms with van der Waals surface area (Å²) in [7, 11) is 1.66. The first-order valence-corrected chi connectivity index (χ1v) is 9.52. The first kappa shape index (κ1) is 20.2. The van der Waals surface area contributed by atoms with Crippen LogP contribution in [0, 0.1) is 11.8 Å². The predicted molar refractivity (Wildman–Crippen MR) is 116 cm³/mol. The van der Waals surface area contributed by atoms with Crippen molar-refractivity contribution in [3.05, 3.63) is 83.7 Å². The van der Waals surface area contributed by atoms with Gasteiger partial charge in [-0.3, -0.25) is 4.79 Å². The highest BCUT2D eigenvalue weighted by molar-refractivity contribution is 5.73. The maximum atomic E-state index is 11.1. The molecule has 0 aliphatic rings. The van der Waals surface area contributed by atoms with Gasteiger partial charge in [-0.2, -0.15) is 0 Å². The number of nitrogens with zero attached hydrogens (tertiary/aromatic N) is 1. The Morgan fingerprint density at radius 2 is 1.69 bits per heavy atom. The Bertz CT molecular complexity index is 1010. The Morgan fingerprint density at radius 1 is 1.00 bits per heavy atom. The summed E-state index contributed by atoms with van der Waals surface area (Å²) in [6.07, 6.45) is 2.62. The molecule has 0 radical (unpaired) electrons. The highest BCUT2D eigenvalue weighted by Gasteiger charge is 2.04. The van der Waals surface area contributed by atoms with Crippen molar-refractivity contribution in [1.82, 2.24) is 10.3 Å². The highest BCUT2D eigenvalue weighted by Crippen LogP contribution is 2.21. The first-order valence-electron chi connectivity index (χ1n) is 9.52. The van der Waals surface area contributed by atoms with Gasteiger partial charge in [-0.25, -0.2) is 4.98 Å². The Morgan fingerprint density at radius 3 is 2.28 bits per heavy atom. The molecule has 146 valence electrons. The van der Waals surface area contributed by atoms with E-state index in [1.165, 1.54) is 12.5 Å². The number of hydrogen-bond donors (Lipinski definition) is 1. The number of hydrogen-bond acceptors (Lipinski definition) is 3. The number of rotatable bonds is 5. The minimum Gasteiger partial charge on any atom is -0.497 e. The zero-order valence-electron chi connectivity index (χ0n) is 16.9. The van der Waals surface area contributed by atoms with Gasteiger partial charge in [0, 0.05) is 30.3 Å². The van der Waals surface area contributed by atoms with E-state index in [1.807, 2.05) is 73.8 Å². The Labute approximate surface area is 172 Å². The summed E-state index contributed by atoms with van der Waals surface area (Å²) in [6, 6.07) is 20.0. The predicted octanol–water partition coefficient (Wildman–Crippen LogP) is 4.22. The molecule has 29 heavy (non-hydrogen) atoms. The number of carbonyl (C=O) groups excluding carboxylic acids is 1. The molecule has 4 nitrogen and oxygen atoms in total. The number of aromatic nitrogens is 1. The van der Waals surface area contributed by atoms with Gasteiger partial charge in [-0.15, -0.1) is 0 Å². The Kier molecular flexibility index (Phi) is 6.65. The van der Waals surface area contributed by atoms with Gasteiger partial charge in [-0.1, -0.05) is 36.3 Å². The van der Waals surface area contributed by atoms with Crippen molar-refractivity contribution in [2.45, 2.75) is 26.3 Å². The molecule has 3 aromatic rings. The second-order valence-electron chi connectivity index (χ2n) is 6.91. The van der Waals surface area contributed by atoms with Crippen molar-refractivity contribution in [1.29, 1.82) is 0 Å². The number of methoxy groups -OCH3 is 1. The van der Waals surface area contributed by atoms with E-state index in [0.29, 0.717) is 0 Å². The summed E-state index contributed by atoms with van der Waals surface area (Å²) in [5.74, 6) is 7.08. The van der Waals surface area contributed by atoms with E-state index in [2.05, 4.69) is 22.1 Å². The van der Waals surface area contributed by atoms with Gasteiger partial charge in [0.25, 0.3) is 0 Å². The number of nitrogens with one attached hydrogen (secondary N) is 1. The molecular formula is C25H24N2O2. The maximum absolute atomic E-state index is 11.1. The van der Waals surface area contributed by atoms with E-state index in [9.17, 15) is 4.79 Å². The molecule has 1 heterocycles. The lowest BCUT2D eigenvalue weighted by molar-refractivity contribution is -0.119. The van der Waals surface area contributed by atoms with Crippen molar-refractivity contribution in [3.8, 4) is 28.7 Å². The molecule has 2 aromatic carbocycles. The lowest BCUT2D eigenvalue weighted by Gasteiger charge is -2.12. The first-order chi connectivity index (χ1) is 14.0. The number of benzene rings is 2. The van der Waals surface area contributed by atoms with Crippen molar-refractivity contribution in [2.75, 3.05) is 7.11 Å². The third kappa shape index (κ3) is 5.95. The topological polar surface area (TPSA) is 51.2 Å². The van der Waals surface area contributed by atoms with E-state index in [1.54, 1.807) is 7.11 Å². The minimum atomic E-state index is -0.00880. The van der Waals surface area contributed by atoms with E-state index in [4.69, 9.17) is 4.74 Å². The molecule has 3 rings (SSSR count). The van der Waals surface area contributed by atoms with Crippen molar-refractivity contribution in [2.24, 2.45) is 0 Å². The second-order valence-corrected chi connectivity index (χ2v) is 6.91. The molecular weight excluding hydrogens is 360 g/mol. The summed E-state index contributed by atoms with van der Waals surface area (Å²) in [6.45, 7) is 3.53. The van der Waals surface area contributed by atoms with Gasteiger partial charge in [0.1, 0.15) is 11.4 Å². The number of carbonyl (C=O) groups is 1. The van der Waals surface area contributed by atoms with Crippen LogP contribution >= 0.6 is 0 Å². The van der Waals surface area contributed by atoms with Gasteiger partial charge < -0.3 is 10.1 Å². The summed E-state index contributed by atoms with van der Waals surface area (Å²) in [5.41, 5.74) is 4.95. The lowest BCUT2D eigenvalue weighted by atomic mass is 10.0. The van der Waals surface area contributed by atoms with Crippen LogP contribution in [-0.2, 0) is 11.2 Å². The van der Waals surface area contributed by atoms with Crippen LogP contribution in [0.1, 0.15) is 30.7 Å². The molecule has 0 fully saturated rings. The molecule has 1 unspecified atom stereocenters. The molecule has 1 N–H and O–H groups in total. The Balaban J connectivity index is 1.64. The lowest BCUT2D eigenvalue weighted by Crippen LogP contribution is -2.31. The molecule has 0 saturated carbocycles. The van der Waals surface area contributed by atoms with E-state index < -0.39 is 0 Å². The minimum absolute atomic E-state index is 0.00880. The standard InChI is InChI=1S/C25H24N2O2/c1-18(27-19(2)28)16-21-6-4-20(5-7-21)8-12-24-13-9-23(17-26-24)22-10-14-25(29-3)15-11-22/h4-7,9-11,13-15,17-18H,16H2,1-3H3,(H,27,28). The van der Waals surface area contributed by atoms with Crippen molar-refractivity contribution >= 4 is 5.91 Å². The Hall–Kier alpha value is -3.58. The molecule has 0 aliphatic heterocycles. The normalized spacial score (nSPS) is 11.1. The number of amides is 1. The van der Waals surface area contributed by atoms with Crippen LogP contribution in [0.5, 0.6) is 5.75 Å². The highest BCUT2D eigenvalue weighted by atomic mass is 16.5. The van der Waals surface area contributed by atoms with E-state index in [-0.39, 0.29) is 11.9 Å². The van der Waals surface area contributed by atoms with Crippen LogP contribution in [0.25, 0.3) is 11.1 Å². The second kappa shape index (κ2) is 9.57. The SMILES string of the molecule is COc1ccc(-c2ccc(C#Cc3ccc(CC(C)NC(C)=O)cc3)nc2)cc1. The zero-order chi connectivity index (χ0) is 20.6. The fourth-order valence-corrected chi connectivity index (χ4v) is 3.03. The van der Waals surface area contributed by atoms with Crippen LogP contribution in [0.2, 0.25) is 0 Å². The van der Waals surface area contributed by atoms with Crippen LogP contribution < -0.4 is 10.1 Å². The van der Waals surface area contributed by atoms with Crippen LogP contribution in [0.15, 0.2) is 66.9 Å². The summed E-state index contributed by atoms with van der Waals surface area (Å²) in [4.78, 5) is 15.6. The fourth-order valence-electron chi connectivity index (χ4n) is 3.03. The van der Waals surface area contributed by atoms with Gasteiger partial charge in [-0.05, 0) is 60.7 Å². The average Bonchev–Trinajstić information content (AvgIpc) is 2.73. The number of pyridine rings is 1. The van der Waals surface area contributed by atoms with Crippen molar-refractivity contribution in [3.63, 3.8) is 0 Å².